The quantitative estimate of drug-likeness (QED) is 0.774. The lowest BCUT2D eigenvalue weighted by atomic mass is 10.0. The third-order valence-electron chi connectivity index (χ3n) is 3.31. The third-order valence-corrected chi connectivity index (χ3v) is 3.31. The molecule has 118 valence electrons. The predicted molar refractivity (Wildman–Crippen MR) is 86.4 cm³/mol. The van der Waals surface area contributed by atoms with Crippen LogP contribution in [0.25, 0.3) is 0 Å². The summed E-state index contributed by atoms with van der Waals surface area (Å²) in [5, 5.41) is 2.87. The fourth-order valence-electron chi connectivity index (χ4n) is 1.86. The van der Waals surface area contributed by atoms with E-state index >= 15 is 0 Å². The Hall–Kier alpha value is -1.55. The average Bonchev–Trinajstić information content (AvgIpc) is 2.46. The van der Waals surface area contributed by atoms with Crippen LogP contribution in [0.5, 0.6) is 5.75 Å². The van der Waals surface area contributed by atoms with Crippen molar-refractivity contribution < 1.29 is 9.53 Å². The molecule has 4 heteroatoms. The molecule has 0 aliphatic heterocycles. The number of carbonyl (C=O) groups is 1. The lowest BCUT2D eigenvalue weighted by molar-refractivity contribution is -0.127. The SMILES string of the molecule is CCC(N)Cc1ccc(OC(C)C(=O)NCC(C)C)cc1. The number of nitrogens with two attached hydrogens (primary N) is 1. The van der Waals surface area contributed by atoms with E-state index in [1.54, 1.807) is 6.92 Å². The van der Waals surface area contributed by atoms with E-state index in [4.69, 9.17) is 10.5 Å². The molecule has 0 fully saturated rings. The van der Waals surface area contributed by atoms with Gasteiger partial charge in [-0.3, -0.25) is 4.79 Å². The number of rotatable bonds is 8. The van der Waals surface area contributed by atoms with Gasteiger partial charge in [-0.25, -0.2) is 0 Å². The number of benzene rings is 1. The van der Waals surface area contributed by atoms with Gasteiger partial charge in [-0.2, -0.15) is 0 Å². The highest BCUT2D eigenvalue weighted by Gasteiger charge is 2.14. The molecule has 0 radical (unpaired) electrons. The second-order valence-corrected chi connectivity index (χ2v) is 5.92. The standard InChI is InChI=1S/C17H28N2O2/c1-5-15(18)10-14-6-8-16(9-7-14)21-13(4)17(20)19-11-12(2)3/h6-9,12-13,15H,5,10-11,18H2,1-4H3,(H,19,20). The van der Waals surface area contributed by atoms with Gasteiger partial charge in [0, 0.05) is 12.6 Å². The van der Waals surface area contributed by atoms with Crippen LogP contribution >= 0.6 is 0 Å². The third kappa shape index (κ3) is 6.63. The molecule has 0 aliphatic carbocycles. The molecular weight excluding hydrogens is 264 g/mol. The minimum atomic E-state index is -0.493. The number of hydrogen-bond donors (Lipinski definition) is 2. The maximum absolute atomic E-state index is 11.9. The van der Waals surface area contributed by atoms with Gasteiger partial charge in [0.25, 0.3) is 5.91 Å². The van der Waals surface area contributed by atoms with Gasteiger partial charge in [0.2, 0.25) is 0 Å². The Morgan fingerprint density at radius 2 is 1.86 bits per heavy atom. The maximum Gasteiger partial charge on any atom is 0.260 e. The van der Waals surface area contributed by atoms with Crippen LogP contribution in [0.3, 0.4) is 0 Å². The van der Waals surface area contributed by atoms with Crippen LogP contribution in [0.4, 0.5) is 0 Å². The molecule has 21 heavy (non-hydrogen) atoms. The van der Waals surface area contributed by atoms with Gasteiger partial charge >= 0.3 is 0 Å². The Bertz CT molecular complexity index is 429. The Morgan fingerprint density at radius 3 is 2.38 bits per heavy atom. The zero-order valence-corrected chi connectivity index (χ0v) is 13.6. The number of ether oxygens (including phenoxy) is 1. The lowest BCUT2D eigenvalue weighted by Gasteiger charge is -2.16. The molecule has 0 spiro atoms. The predicted octanol–water partition coefficient (Wildman–Crippen LogP) is 2.51. The van der Waals surface area contributed by atoms with Gasteiger partial charge in [-0.1, -0.05) is 32.9 Å². The number of nitrogens with one attached hydrogen (secondary N) is 1. The monoisotopic (exact) mass is 292 g/mol. The molecule has 1 aromatic carbocycles. The number of carbonyl (C=O) groups excluding carboxylic acids is 1. The van der Waals surface area contributed by atoms with Gasteiger partial charge in [-0.05, 0) is 43.4 Å². The van der Waals surface area contributed by atoms with Crippen molar-refractivity contribution in [1.29, 1.82) is 0 Å². The topological polar surface area (TPSA) is 64.3 Å². The van der Waals surface area contributed by atoms with Gasteiger partial charge in [-0.15, -0.1) is 0 Å². The molecule has 0 saturated carbocycles. The molecule has 0 aromatic heterocycles. The summed E-state index contributed by atoms with van der Waals surface area (Å²) in [6, 6.07) is 7.98. The molecule has 0 bridgehead atoms. The molecule has 3 N–H and O–H groups in total. The Labute approximate surface area is 128 Å². The highest BCUT2D eigenvalue weighted by atomic mass is 16.5. The minimum Gasteiger partial charge on any atom is -0.481 e. The minimum absolute atomic E-state index is 0.0826. The molecule has 2 unspecified atom stereocenters. The highest BCUT2D eigenvalue weighted by Crippen LogP contribution is 2.15. The van der Waals surface area contributed by atoms with E-state index in [1.165, 1.54) is 5.56 Å². The summed E-state index contributed by atoms with van der Waals surface area (Å²) in [6.45, 7) is 8.63. The summed E-state index contributed by atoms with van der Waals surface area (Å²) in [6.07, 6.45) is 1.33. The smallest absolute Gasteiger partial charge is 0.260 e. The molecule has 0 heterocycles. The van der Waals surface area contributed by atoms with Crippen molar-refractivity contribution in [2.45, 2.75) is 52.7 Å². The van der Waals surface area contributed by atoms with Gasteiger partial charge in [0.1, 0.15) is 5.75 Å². The molecule has 2 atom stereocenters. The van der Waals surface area contributed by atoms with Crippen molar-refractivity contribution in [1.82, 2.24) is 5.32 Å². The van der Waals surface area contributed by atoms with Crippen molar-refractivity contribution >= 4 is 5.91 Å². The fraction of sp³-hybridized carbons (Fsp3) is 0.588. The fourth-order valence-corrected chi connectivity index (χ4v) is 1.86. The van der Waals surface area contributed by atoms with Crippen LogP contribution in [0.2, 0.25) is 0 Å². The maximum atomic E-state index is 11.9. The molecule has 0 saturated heterocycles. The Kier molecular flexibility index (Phi) is 7.23. The van der Waals surface area contributed by atoms with Crippen LogP contribution in [-0.2, 0) is 11.2 Å². The summed E-state index contributed by atoms with van der Waals surface area (Å²) < 4.78 is 5.65. The van der Waals surface area contributed by atoms with Crippen LogP contribution < -0.4 is 15.8 Å². The van der Waals surface area contributed by atoms with Crippen molar-refractivity contribution in [3.63, 3.8) is 0 Å². The Morgan fingerprint density at radius 1 is 1.24 bits per heavy atom. The summed E-state index contributed by atoms with van der Waals surface area (Å²) in [5.74, 6) is 1.06. The van der Waals surface area contributed by atoms with E-state index in [2.05, 4.69) is 26.1 Å². The Balaban J connectivity index is 2.49. The van der Waals surface area contributed by atoms with Crippen molar-refractivity contribution in [2.24, 2.45) is 11.7 Å². The largest absolute Gasteiger partial charge is 0.481 e. The zero-order valence-electron chi connectivity index (χ0n) is 13.6. The van der Waals surface area contributed by atoms with E-state index in [1.807, 2.05) is 24.3 Å². The highest BCUT2D eigenvalue weighted by molar-refractivity contribution is 5.80. The first kappa shape index (κ1) is 17.5. The van der Waals surface area contributed by atoms with E-state index in [-0.39, 0.29) is 11.9 Å². The molecule has 1 aromatic rings. The molecular formula is C17H28N2O2. The molecule has 1 rings (SSSR count). The average molecular weight is 292 g/mol. The first-order valence-corrected chi connectivity index (χ1v) is 7.71. The van der Waals surface area contributed by atoms with Crippen LogP contribution in [0, 0.1) is 5.92 Å². The van der Waals surface area contributed by atoms with E-state index < -0.39 is 6.10 Å². The van der Waals surface area contributed by atoms with Crippen LogP contribution in [0.1, 0.15) is 39.7 Å². The lowest BCUT2D eigenvalue weighted by Crippen LogP contribution is -2.38. The first-order valence-electron chi connectivity index (χ1n) is 7.71. The molecule has 0 aliphatic rings. The van der Waals surface area contributed by atoms with Crippen molar-refractivity contribution in [3.05, 3.63) is 29.8 Å². The van der Waals surface area contributed by atoms with Crippen LogP contribution in [0.15, 0.2) is 24.3 Å². The van der Waals surface area contributed by atoms with E-state index in [9.17, 15) is 4.79 Å². The van der Waals surface area contributed by atoms with Gasteiger partial charge in [0.05, 0.1) is 0 Å². The number of amides is 1. The van der Waals surface area contributed by atoms with Gasteiger partial charge < -0.3 is 15.8 Å². The zero-order chi connectivity index (χ0) is 15.8. The second kappa shape index (κ2) is 8.67. The summed E-state index contributed by atoms with van der Waals surface area (Å²) >= 11 is 0. The summed E-state index contributed by atoms with van der Waals surface area (Å²) in [4.78, 5) is 11.9. The van der Waals surface area contributed by atoms with Crippen molar-refractivity contribution in [3.8, 4) is 5.75 Å². The molecule has 4 nitrogen and oxygen atoms in total. The second-order valence-electron chi connectivity index (χ2n) is 5.92. The summed E-state index contributed by atoms with van der Waals surface area (Å²) in [5.41, 5.74) is 7.13. The van der Waals surface area contributed by atoms with E-state index in [0.717, 1.165) is 12.8 Å². The van der Waals surface area contributed by atoms with Gasteiger partial charge in [0.15, 0.2) is 6.10 Å². The molecule has 1 amide bonds. The van der Waals surface area contributed by atoms with E-state index in [0.29, 0.717) is 18.2 Å². The first-order chi connectivity index (χ1) is 9.92. The summed E-state index contributed by atoms with van der Waals surface area (Å²) in [7, 11) is 0. The van der Waals surface area contributed by atoms with Crippen LogP contribution in [-0.4, -0.2) is 24.6 Å². The normalized spacial score (nSPS) is 13.8. The number of hydrogen-bond acceptors (Lipinski definition) is 3. The van der Waals surface area contributed by atoms with Crippen molar-refractivity contribution in [2.75, 3.05) is 6.54 Å².